The number of aliphatic hydroxyl groups excluding tert-OH is 1. The van der Waals surface area contributed by atoms with E-state index in [0.29, 0.717) is 12.0 Å². The summed E-state index contributed by atoms with van der Waals surface area (Å²) in [5.74, 6) is 2.96. The standard InChI is InChI=1S/C18H33NO2/c1-3-19(4-2)11-17(20)12-21-13-18-8-14-5-15(9-18)7-16(6-14)10-18/h14-17,20H,3-13H2,1-2H3/t14?,15?,16?,17-,18?/m1/s1. The fourth-order valence-electron chi connectivity index (χ4n) is 5.71. The Kier molecular flexibility index (Phi) is 4.92. The quantitative estimate of drug-likeness (QED) is 0.747. The lowest BCUT2D eigenvalue weighted by atomic mass is 9.50. The van der Waals surface area contributed by atoms with Crippen molar-refractivity contribution in [1.29, 1.82) is 0 Å². The molecule has 0 unspecified atom stereocenters. The molecule has 0 amide bonds. The third kappa shape index (κ3) is 3.62. The van der Waals surface area contributed by atoms with Gasteiger partial charge in [0.2, 0.25) is 0 Å². The molecule has 1 N–H and O–H groups in total. The zero-order valence-corrected chi connectivity index (χ0v) is 13.9. The Morgan fingerprint density at radius 2 is 1.57 bits per heavy atom. The number of hydrogen-bond acceptors (Lipinski definition) is 3. The Hall–Kier alpha value is -0.120. The van der Waals surface area contributed by atoms with Gasteiger partial charge in [-0.1, -0.05) is 13.8 Å². The first kappa shape index (κ1) is 15.8. The van der Waals surface area contributed by atoms with Crippen molar-refractivity contribution in [1.82, 2.24) is 4.90 Å². The molecule has 0 aliphatic heterocycles. The molecule has 4 rings (SSSR count). The lowest BCUT2D eigenvalue weighted by molar-refractivity contribution is -0.107. The molecule has 0 aromatic rings. The maximum Gasteiger partial charge on any atom is 0.0900 e. The third-order valence-corrected chi connectivity index (χ3v) is 6.25. The van der Waals surface area contributed by atoms with Crippen molar-refractivity contribution in [3.05, 3.63) is 0 Å². The first-order valence-electron chi connectivity index (χ1n) is 9.10. The minimum atomic E-state index is -0.334. The van der Waals surface area contributed by atoms with Crippen molar-refractivity contribution in [2.45, 2.75) is 58.5 Å². The molecule has 0 aromatic carbocycles. The molecule has 4 saturated carbocycles. The van der Waals surface area contributed by atoms with E-state index in [1.54, 1.807) is 0 Å². The van der Waals surface area contributed by atoms with E-state index in [0.717, 1.165) is 44.0 Å². The smallest absolute Gasteiger partial charge is 0.0900 e. The van der Waals surface area contributed by atoms with Gasteiger partial charge in [-0.25, -0.2) is 0 Å². The van der Waals surface area contributed by atoms with E-state index >= 15 is 0 Å². The summed E-state index contributed by atoms with van der Waals surface area (Å²) in [6, 6.07) is 0. The van der Waals surface area contributed by atoms with E-state index in [-0.39, 0.29) is 6.10 Å². The summed E-state index contributed by atoms with van der Waals surface area (Å²) in [6.07, 6.45) is 8.32. The van der Waals surface area contributed by atoms with E-state index in [1.807, 2.05) is 0 Å². The first-order chi connectivity index (χ1) is 10.1. The molecule has 0 aromatic heterocycles. The van der Waals surface area contributed by atoms with Crippen LogP contribution in [0.5, 0.6) is 0 Å². The second-order valence-electron chi connectivity index (χ2n) is 8.07. The molecule has 0 spiro atoms. The van der Waals surface area contributed by atoms with Crippen LogP contribution in [0, 0.1) is 23.2 Å². The van der Waals surface area contributed by atoms with Gasteiger partial charge in [0.25, 0.3) is 0 Å². The Bertz CT molecular complexity index is 305. The van der Waals surface area contributed by atoms with Crippen LogP contribution in [0.25, 0.3) is 0 Å². The predicted octanol–water partition coefficient (Wildman–Crippen LogP) is 2.92. The highest BCUT2D eigenvalue weighted by Gasteiger charge is 2.50. The predicted molar refractivity (Wildman–Crippen MR) is 85.2 cm³/mol. The van der Waals surface area contributed by atoms with Crippen LogP contribution in [0.4, 0.5) is 0 Å². The van der Waals surface area contributed by atoms with Gasteiger partial charge in [-0.05, 0) is 74.8 Å². The zero-order valence-electron chi connectivity index (χ0n) is 13.9. The van der Waals surface area contributed by atoms with Gasteiger partial charge in [-0.15, -0.1) is 0 Å². The molecule has 3 heteroatoms. The highest BCUT2D eigenvalue weighted by Crippen LogP contribution is 2.59. The molecule has 4 aliphatic rings. The minimum absolute atomic E-state index is 0.334. The van der Waals surface area contributed by atoms with Crippen molar-refractivity contribution in [3.8, 4) is 0 Å². The molecule has 0 heterocycles. The summed E-state index contributed by atoms with van der Waals surface area (Å²) >= 11 is 0. The molecular formula is C18H33NO2. The molecule has 4 aliphatic carbocycles. The van der Waals surface area contributed by atoms with Gasteiger partial charge in [-0.2, -0.15) is 0 Å². The fraction of sp³-hybridized carbons (Fsp3) is 1.00. The summed E-state index contributed by atoms with van der Waals surface area (Å²) in [5, 5.41) is 10.1. The third-order valence-electron chi connectivity index (χ3n) is 6.25. The normalized spacial score (nSPS) is 39.1. The Balaban J connectivity index is 1.43. The molecule has 122 valence electrons. The summed E-state index contributed by atoms with van der Waals surface area (Å²) in [7, 11) is 0. The minimum Gasteiger partial charge on any atom is -0.389 e. The molecule has 4 bridgehead atoms. The van der Waals surface area contributed by atoms with Gasteiger partial charge in [-0.3, -0.25) is 0 Å². The van der Waals surface area contributed by atoms with Crippen LogP contribution in [0.15, 0.2) is 0 Å². The summed E-state index contributed by atoms with van der Waals surface area (Å²) in [6.45, 7) is 8.45. The van der Waals surface area contributed by atoms with Crippen LogP contribution in [0.3, 0.4) is 0 Å². The lowest BCUT2D eigenvalue weighted by Gasteiger charge is -2.56. The van der Waals surface area contributed by atoms with E-state index < -0.39 is 0 Å². The van der Waals surface area contributed by atoms with E-state index in [1.165, 1.54) is 38.5 Å². The second kappa shape index (κ2) is 6.55. The van der Waals surface area contributed by atoms with Crippen molar-refractivity contribution in [2.75, 3.05) is 32.8 Å². The van der Waals surface area contributed by atoms with Gasteiger partial charge in [0.1, 0.15) is 0 Å². The van der Waals surface area contributed by atoms with Crippen molar-refractivity contribution >= 4 is 0 Å². The van der Waals surface area contributed by atoms with Gasteiger partial charge >= 0.3 is 0 Å². The highest BCUT2D eigenvalue weighted by molar-refractivity contribution is 5.01. The molecule has 1 atom stereocenters. The molecule has 0 radical (unpaired) electrons. The van der Waals surface area contributed by atoms with E-state index in [9.17, 15) is 5.11 Å². The average molecular weight is 295 g/mol. The van der Waals surface area contributed by atoms with Gasteiger partial charge in [0, 0.05) is 6.54 Å². The van der Waals surface area contributed by atoms with Gasteiger partial charge in [0.05, 0.1) is 19.3 Å². The van der Waals surface area contributed by atoms with Crippen LogP contribution in [0.1, 0.15) is 52.4 Å². The van der Waals surface area contributed by atoms with Crippen molar-refractivity contribution in [3.63, 3.8) is 0 Å². The number of likely N-dealkylation sites (N-methyl/N-ethyl adjacent to an activating group) is 1. The number of rotatable bonds is 8. The molecular weight excluding hydrogens is 262 g/mol. The number of ether oxygens (including phenoxy) is 1. The van der Waals surface area contributed by atoms with Gasteiger partial charge in [0.15, 0.2) is 0 Å². The average Bonchev–Trinajstić information content (AvgIpc) is 2.43. The first-order valence-corrected chi connectivity index (χ1v) is 9.10. The Labute approximate surface area is 130 Å². The van der Waals surface area contributed by atoms with Gasteiger partial charge < -0.3 is 14.7 Å². The van der Waals surface area contributed by atoms with Crippen LogP contribution in [-0.4, -0.2) is 49.0 Å². The number of nitrogens with zero attached hydrogens (tertiary/aromatic N) is 1. The largest absolute Gasteiger partial charge is 0.389 e. The summed E-state index contributed by atoms with van der Waals surface area (Å²) in [5.41, 5.74) is 0.476. The Morgan fingerprint density at radius 3 is 2.05 bits per heavy atom. The van der Waals surface area contributed by atoms with Crippen LogP contribution < -0.4 is 0 Å². The highest BCUT2D eigenvalue weighted by atomic mass is 16.5. The second-order valence-corrected chi connectivity index (χ2v) is 8.07. The number of aliphatic hydroxyl groups is 1. The van der Waals surface area contributed by atoms with Crippen LogP contribution >= 0.6 is 0 Å². The lowest BCUT2D eigenvalue weighted by Crippen LogP contribution is -2.48. The fourth-order valence-corrected chi connectivity index (χ4v) is 5.71. The maximum absolute atomic E-state index is 10.1. The van der Waals surface area contributed by atoms with E-state index in [4.69, 9.17) is 4.74 Å². The van der Waals surface area contributed by atoms with Crippen molar-refractivity contribution < 1.29 is 9.84 Å². The molecule has 0 saturated heterocycles. The number of hydrogen-bond donors (Lipinski definition) is 1. The molecule has 4 fully saturated rings. The zero-order chi connectivity index (χ0) is 14.9. The SMILES string of the molecule is CCN(CC)C[C@@H](O)COCC12CC3CC(CC(C3)C1)C2. The van der Waals surface area contributed by atoms with Crippen LogP contribution in [0.2, 0.25) is 0 Å². The van der Waals surface area contributed by atoms with Crippen LogP contribution in [-0.2, 0) is 4.74 Å². The van der Waals surface area contributed by atoms with Crippen molar-refractivity contribution in [2.24, 2.45) is 23.2 Å². The topological polar surface area (TPSA) is 32.7 Å². The maximum atomic E-state index is 10.1. The Morgan fingerprint density at radius 1 is 1.05 bits per heavy atom. The summed E-state index contributed by atoms with van der Waals surface area (Å²) in [4.78, 5) is 2.26. The molecule has 3 nitrogen and oxygen atoms in total. The molecule has 21 heavy (non-hydrogen) atoms. The monoisotopic (exact) mass is 295 g/mol. The van der Waals surface area contributed by atoms with E-state index in [2.05, 4.69) is 18.7 Å². The summed E-state index contributed by atoms with van der Waals surface area (Å²) < 4.78 is 5.99.